The number of benzene rings is 2. The number of hydrogen-bond acceptors (Lipinski definition) is 4. The number of anilines is 1. The molecule has 0 aromatic heterocycles. The minimum absolute atomic E-state index is 0.0206. The number of nitriles is 1. The van der Waals surface area contributed by atoms with Crippen LogP contribution in [0.3, 0.4) is 0 Å². The minimum Gasteiger partial charge on any atom is -0.493 e. The van der Waals surface area contributed by atoms with Gasteiger partial charge < -0.3 is 14.4 Å². The van der Waals surface area contributed by atoms with Crippen molar-refractivity contribution in [3.05, 3.63) is 53.6 Å². The first-order valence-electron chi connectivity index (χ1n) is 10.5. The zero-order valence-electron chi connectivity index (χ0n) is 17.8. The predicted molar refractivity (Wildman–Crippen MR) is 117 cm³/mol. The van der Waals surface area contributed by atoms with Crippen molar-refractivity contribution in [3.63, 3.8) is 0 Å². The van der Waals surface area contributed by atoms with Gasteiger partial charge in [0.1, 0.15) is 0 Å². The Morgan fingerprint density at radius 2 is 1.87 bits per heavy atom. The van der Waals surface area contributed by atoms with Gasteiger partial charge in [-0.25, -0.2) is 4.79 Å². The first-order valence-corrected chi connectivity index (χ1v) is 10.5. The Balaban J connectivity index is 1.72. The molecule has 0 radical (unpaired) electrons. The second-order valence-corrected chi connectivity index (χ2v) is 7.41. The summed E-state index contributed by atoms with van der Waals surface area (Å²) in [5, 5.41) is 8.95. The second kappa shape index (κ2) is 10.5. The molecule has 3 rings (SSSR count). The highest BCUT2D eigenvalue weighted by Crippen LogP contribution is 2.33. The van der Waals surface area contributed by atoms with Gasteiger partial charge in [-0.15, -0.1) is 0 Å². The molecule has 1 aliphatic heterocycles. The van der Waals surface area contributed by atoms with E-state index in [1.807, 2.05) is 35.2 Å². The average molecular weight is 408 g/mol. The third-order valence-electron chi connectivity index (χ3n) is 5.23. The molecule has 158 valence electrons. The lowest BCUT2D eigenvalue weighted by Gasteiger charge is -2.36. The summed E-state index contributed by atoms with van der Waals surface area (Å²) in [5.74, 6) is 1.34. The maximum Gasteiger partial charge on any atom is 0.324 e. The number of carbonyl (C=O) groups is 1. The number of ether oxygens (including phenoxy) is 2. The van der Waals surface area contributed by atoms with E-state index in [-0.39, 0.29) is 6.03 Å². The number of unbranched alkanes of at least 4 members (excludes halogenated alkanes) is 2. The van der Waals surface area contributed by atoms with Crippen LogP contribution in [0, 0.1) is 11.3 Å². The molecule has 1 saturated heterocycles. The molecule has 1 heterocycles. The lowest BCUT2D eigenvalue weighted by atomic mass is 10.1. The molecule has 2 amide bonds. The van der Waals surface area contributed by atoms with Gasteiger partial charge in [0.25, 0.3) is 0 Å². The highest BCUT2D eigenvalue weighted by molar-refractivity contribution is 5.93. The fourth-order valence-corrected chi connectivity index (χ4v) is 3.55. The molecule has 0 N–H and O–H groups in total. The Morgan fingerprint density at radius 1 is 1.07 bits per heavy atom. The molecule has 6 nitrogen and oxygen atoms in total. The van der Waals surface area contributed by atoms with Gasteiger partial charge in [0.2, 0.25) is 0 Å². The van der Waals surface area contributed by atoms with E-state index in [1.165, 1.54) is 0 Å². The number of nitrogens with zero attached hydrogens (tertiary/aromatic N) is 3. The van der Waals surface area contributed by atoms with Crippen LogP contribution in [0.5, 0.6) is 11.5 Å². The van der Waals surface area contributed by atoms with Crippen molar-refractivity contribution in [2.75, 3.05) is 31.7 Å². The Hall–Kier alpha value is -3.20. The molecule has 0 atom stereocenters. The third kappa shape index (κ3) is 5.24. The second-order valence-electron chi connectivity index (χ2n) is 7.41. The molecule has 0 bridgehead atoms. The number of carbonyl (C=O) groups excluding carboxylic acids is 1. The molecule has 0 saturated carbocycles. The van der Waals surface area contributed by atoms with Crippen molar-refractivity contribution >= 4 is 11.7 Å². The summed E-state index contributed by atoms with van der Waals surface area (Å²) < 4.78 is 11.4. The van der Waals surface area contributed by atoms with Crippen LogP contribution in [-0.4, -0.2) is 37.7 Å². The van der Waals surface area contributed by atoms with E-state index in [0.717, 1.165) is 36.9 Å². The first kappa shape index (κ1) is 21.5. The summed E-state index contributed by atoms with van der Waals surface area (Å²) in [6.45, 7) is 4.70. The van der Waals surface area contributed by atoms with Crippen LogP contribution in [0.1, 0.15) is 43.7 Å². The minimum atomic E-state index is -0.0206. The molecule has 1 fully saturated rings. The topological polar surface area (TPSA) is 65.8 Å². The number of rotatable bonds is 9. The molecule has 6 heteroatoms. The van der Waals surface area contributed by atoms with Crippen LogP contribution >= 0.6 is 0 Å². The predicted octanol–water partition coefficient (Wildman–Crippen LogP) is 4.97. The van der Waals surface area contributed by atoms with Gasteiger partial charge >= 0.3 is 6.03 Å². The van der Waals surface area contributed by atoms with Crippen LogP contribution in [0.4, 0.5) is 10.5 Å². The molecular weight excluding hydrogens is 378 g/mol. The molecule has 2 aromatic rings. The van der Waals surface area contributed by atoms with Crippen LogP contribution in [0.25, 0.3) is 0 Å². The fourth-order valence-electron chi connectivity index (χ4n) is 3.55. The van der Waals surface area contributed by atoms with Gasteiger partial charge in [0, 0.05) is 31.4 Å². The summed E-state index contributed by atoms with van der Waals surface area (Å²) in [6.07, 6.45) is 4.14. The lowest BCUT2D eigenvalue weighted by molar-refractivity contribution is 0.192. The number of amides is 2. The molecule has 0 aliphatic carbocycles. The SMILES string of the molecule is CCCCCOc1cc(N2CCCN(Cc3ccc(C#N)cc3)C2=O)ccc1OC. The summed E-state index contributed by atoms with van der Waals surface area (Å²) >= 11 is 0. The number of methoxy groups -OCH3 is 1. The maximum absolute atomic E-state index is 13.1. The summed E-state index contributed by atoms with van der Waals surface area (Å²) in [4.78, 5) is 16.8. The van der Waals surface area contributed by atoms with Crippen molar-refractivity contribution in [2.24, 2.45) is 0 Å². The number of urea groups is 1. The highest BCUT2D eigenvalue weighted by Gasteiger charge is 2.27. The van der Waals surface area contributed by atoms with Gasteiger partial charge in [0.05, 0.1) is 25.3 Å². The van der Waals surface area contributed by atoms with E-state index in [2.05, 4.69) is 13.0 Å². The monoisotopic (exact) mass is 407 g/mol. The Labute approximate surface area is 178 Å². The van der Waals surface area contributed by atoms with Crippen molar-refractivity contribution in [1.29, 1.82) is 5.26 Å². The summed E-state index contributed by atoms with van der Waals surface area (Å²) in [5.41, 5.74) is 2.45. The molecular formula is C24H29N3O3. The van der Waals surface area contributed by atoms with Crippen molar-refractivity contribution in [3.8, 4) is 17.6 Å². The van der Waals surface area contributed by atoms with E-state index >= 15 is 0 Å². The lowest BCUT2D eigenvalue weighted by Crippen LogP contribution is -2.49. The maximum atomic E-state index is 13.1. The van der Waals surface area contributed by atoms with E-state index < -0.39 is 0 Å². The smallest absolute Gasteiger partial charge is 0.324 e. The van der Waals surface area contributed by atoms with Crippen molar-refractivity contribution < 1.29 is 14.3 Å². The molecule has 0 unspecified atom stereocenters. The quantitative estimate of drug-likeness (QED) is 0.551. The van der Waals surface area contributed by atoms with Gasteiger partial charge in [-0.1, -0.05) is 31.9 Å². The normalized spacial score (nSPS) is 13.8. The highest BCUT2D eigenvalue weighted by atomic mass is 16.5. The molecule has 1 aliphatic rings. The van der Waals surface area contributed by atoms with Crippen LogP contribution in [0.15, 0.2) is 42.5 Å². The summed E-state index contributed by atoms with van der Waals surface area (Å²) in [7, 11) is 1.62. The van der Waals surface area contributed by atoms with Crippen molar-refractivity contribution in [2.45, 2.75) is 39.2 Å². The first-order chi connectivity index (χ1) is 14.7. The standard InChI is InChI=1S/C24H29N3O3/c1-3-4-5-15-30-23-16-21(11-12-22(23)29-2)27-14-6-13-26(24(27)28)18-20-9-7-19(17-25)8-10-20/h7-12,16H,3-6,13-15,18H2,1-2H3. The van der Waals surface area contributed by atoms with Crippen LogP contribution in [0.2, 0.25) is 0 Å². The summed E-state index contributed by atoms with van der Waals surface area (Å²) in [6, 6.07) is 15.1. The van der Waals surface area contributed by atoms with E-state index in [9.17, 15) is 4.79 Å². The Morgan fingerprint density at radius 3 is 2.57 bits per heavy atom. The van der Waals surface area contributed by atoms with Gasteiger partial charge in [-0.2, -0.15) is 5.26 Å². The Kier molecular flexibility index (Phi) is 7.56. The molecule has 2 aromatic carbocycles. The van der Waals surface area contributed by atoms with Crippen LogP contribution < -0.4 is 14.4 Å². The molecule has 30 heavy (non-hydrogen) atoms. The average Bonchev–Trinajstić information content (AvgIpc) is 2.78. The van der Waals surface area contributed by atoms with Crippen LogP contribution in [-0.2, 0) is 6.54 Å². The van der Waals surface area contributed by atoms with Gasteiger partial charge in [0.15, 0.2) is 11.5 Å². The zero-order chi connectivity index (χ0) is 21.3. The van der Waals surface area contributed by atoms with Crippen molar-refractivity contribution in [1.82, 2.24) is 4.90 Å². The van der Waals surface area contributed by atoms with E-state index in [4.69, 9.17) is 14.7 Å². The zero-order valence-corrected chi connectivity index (χ0v) is 17.8. The third-order valence-corrected chi connectivity index (χ3v) is 5.23. The van der Waals surface area contributed by atoms with E-state index in [1.54, 1.807) is 24.1 Å². The van der Waals surface area contributed by atoms with E-state index in [0.29, 0.717) is 43.3 Å². The fraction of sp³-hybridized carbons (Fsp3) is 0.417. The molecule has 0 spiro atoms. The Bertz CT molecular complexity index is 890. The number of hydrogen-bond donors (Lipinski definition) is 0. The van der Waals surface area contributed by atoms with Gasteiger partial charge in [-0.3, -0.25) is 4.90 Å². The largest absolute Gasteiger partial charge is 0.493 e. The van der Waals surface area contributed by atoms with Gasteiger partial charge in [-0.05, 0) is 42.7 Å².